The Morgan fingerprint density at radius 3 is 2.46 bits per heavy atom. The molecule has 13 heavy (non-hydrogen) atoms. The first-order valence-corrected chi connectivity index (χ1v) is 4.99. The molecule has 1 saturated heterocycles. The fraction of sp³-hybridized carbons (Fsp3) is 0.900. The first kappa shape index (κ1) is 10.5. The van der Waals surface area contributed by atoms with Crippen molar-refractivity contribution in [3.8, 4) is 0 Å². The largest absolute Gasteiger partial charge is 0.481 e. The Morgan fingerprint density at radius 2 is 2.23 bits per heavy atom. The molecule has 3 nitrogen and oxygen atoms in total. The van der Waals surface area contributed by atoms with E-state index in [1.807, 2.05) is 6.92 Å². The number of carbonyl (C=O) groups is 1. The average Bonchev–Trinajstić information content (AvgIpc) is 2.49. The fourth-order valence-electron chi connectivity index (χ4n) is 1.96. The van der Waals surface area contributed by atoms with Gasteiger partial charge in [-0.1, -0.05) is 6.92 Å². The summed E-state index contributed by atoms with van der Waals surface area (Å²) in [5.74, 6) is -0.627. The van der Waals surface area contributed by atoms with Gasteiger partial charge < -0.3 is 5.11 Å². The van der Waals surface area contributed by atoms with Crippen molar-refractivity contribution in [2.75, 3.05) is 13.1 Å². The minimum Gasteiger partial charge on any atom is -0.481 e. The lowest BCUT2D eigenvalue weighted by atomic mass is 9.84. The molecule has 1 aliphatic heterocycles. The predicted octanol–water partition coefficient (Wildman–Crippen LogP) is 1.58. The van der Waals surface area contributed by atoms with Crippen molar-refractivity contribution >= 4 is 5.97 Å². The van der Waals surface area contributed by atoms with Crippen molar-refractivity contribution in [3.05, 3.63) is 0 Å². The van der Waals surface area contributed by atoms with E-state index in [-0.39, 0.29) is 0 Å². The lowest BCUT2D eigenvalue weighted by Gasteiger charge is -2.25. The highest BCUT2D eigenvalue weighted by Gasteiger charge is 2.43. The molecule has 0 aromatic carbocycles. The van der Waals surface area contributed by atoms with Gasteiger partial charge in [-0.05, 0) is 33.2 Å². The van der Waals surface area contributed by atoms with Crippen LogP contribution in [0.5, 0.6) is 0 Å². The van der Waals surface area contributed by atoms with Gasteiger partial charge >= 0.3 is 5.97 Å². The Balaban J connectivity index is 2.69. The number of likely N-dealkylation sites (tertiary alicyclic amines) is 1. The van der Waals surface area contributed by atoms with Gasteiger partial charge in [0.15, 0.2) is 0 Å². The molecule has 1 N–H and O–H groups in total. The normalized spacial score (nSPS) is 29.8. The van der Waals surface area contributed by atoms with Gasteiger partial charge in [0.1, 0.15) is 0 Å². The van der Waals surface area contributed by atoms with Gasteiger partial charge in [-0.3, -0.25) is 9.69 Å². The predicted molar refractivity (Wildman–Crippen MR) is 51.7 cm³/mol. The molecular formula is C10H19NO2. The van der Waals surface area contributed by atoms with Gasteiger partial charge in [0.2, 0.25) is 0 Å². The number of aliphatic carboxylic acids is 1. The van der Waals surface area contributed by atoms with E-state index in [1.54, 1.807) is 0 Å². The number of carboxylic acid groups (broad SMARTS) is 1. The third kappa shape index (κ3) is 1.85. The summed E-state index contributed by atoms with van der Waals surface area (Å²) in [6.45, 7) is 7.85. The van der Waals surface area contributed by atoms with Crippen molar-refractivity contribution in [1.82, 2.24) is 4.90 Å². The zero-order valence-corrected chi connectivity index (χ0v) is 8.71. The van der Waals surface area contributed by atoms with E-state index in [0.29, 0.717) is 6.04 Å². The SMILES string of the molecule is CCC1(C(=O)O)CCN(C(C)C)C1. The molecule has 0 aromatic rings. The highest BCUT2D eigenvalue weighted by Crippen LogP contribution is 2.34. The zero-order chi connectivity index (χ0) is 10.1. The summed E-state index contributed by atoms with van der Waals surface area (Å²) in [7, 11) is 0. The molecule has 1 rings (SSSR count). The maximum Gasteiger partial charge on any atom is 0.310 e. The van der Waals surface area contributed by atoms with Crippen LogP contribution in [0.3, 0.4) is 0 Å². The molecule has 1 fully saturated rings. The van der Waals surface area contributed by atoms with Crippen LogP contribution in [0.25, 0.3) is 0 Å². The van der Waals surface area contributed by atoms with E-state index < -0.39 is 11.4 Å². The van der Waals surface area contributed by atoms with Crippen LogP contribution in [-0.4, -0.2) is 35.1 Å². The van der Waals surface area contributed by atoms with Crippen LogP contribution < -0.4 is 0 Å². The maximum atomic E-state index is 11.1. The Kier molecular flexibility index (Phi) is 2.96. The smallest absolute Gasteiger partial charge is 0.310 e. The van der Waals surface area contributed by atoms with E-state index >= 15 is 0 Å². The summed E-state index contributed by atoms with van der Waals surface area (Å²) < 4.78 is 0. The van der Waals surface area contributed by atoms with E-state index in [1.165, 1.54) is 0 Å². The number of rotatable bonds is 3. The molecule has 1 atom stereocenters. The van der Waals surface area contributed by atoms with Gasteiger partial charge in [0.05, 0.1) is 5.41 Å². The molecule has 0 aliphatic carbocycles. The van der Waals surface area contributed by atoms with Crippen LogP contribution in [0.2, 0.25) is 0 Å². The zero-order valence-electron chi connectivity index (χ0n) is 8.71. The number of hydrogen-bond acceptors (Lipinski definition) is 2. The standard InChI is InChI=1S/C10H19NO2/c1-4-10(9(12)13)5-6-11(7-10)8(2)3/h8H,4-7H2,1-3H3,(H,12,13). The molecule has 0 spiro atoms. The molecule has 0 saturated carbocycles. The van der Waals surface area contributed by atoms with E-state index in [0.717, 1.165) is 25.9 Å². The van der Waals surface area contributed by atoms with Crippen molar-refractivity contribution < 1.29 is 9.90 Å². The summed E-state index contributed by atoms with van der Waals surface area (Å²) in [6.07, 6.45) is 1.54. The Labute approximate surface area is 79.7 Å². The quantitative estimate of drug-likeness (QED) is 0.725. The van der Waals surface area contributed by atoms with Crippen molar-refractivity contribution in [2.45, 2.75) is 39.7 Å². The average molecular weight is 185 g/mol. The van der Waals surface area contributed by atoms with Gasteiger partial charge in [-0.15, -0.1) is 0 Å². The van der Waals surface area contributed by atoms with E-state index in [4.69, 9.17) is 5.11 Å². The van der Waals surface area contributed by atoms with Crippen LogP contribution in [-0.2, 0) is 4.79 Å². The summed E-state index contributed by atoms with van der Waals surface area (Å²) in [5, 5.41) is 9.14. The lowest BCUT2D eigenvalue weighted by molar-refractivity contribution is -0.148. The van der Waals surface area contributed by atoms with Crippen LogP contribution in [0.1, 0.15) is 33.6 Å². The monoisotopic (exact) mass is 185 g/mol. The first-order valence-electron chi connectivity index (χ1n) is 4.99. The molecule has 0 amide bonds. The van der Waals surface area contributed by atoms with E-state index in [2.05, 4.69) is 18.7 Å². The molecule has 76 valence electrons. The second-order valence-corrected chi connectivity index (χ2v) is 4.25. The Bertz CT molecular complexity index is 203. The highest BCUT2D eigenvalue weighted by atomic mass is 16.4. The molecule has 1 aliphatic rings. The molecule has 1 heterocycles. The molecule has 0 bridgehead atoms. The summed E-state index contributed by atoms with van der Waals surface area (Å²) >= 11 is 0. The molecule has 0 aromatic heterocycles. The lowest BCUT2D eigenvalue weighted by Crippen LogP contribution is -2.36. The molecule has 0 radical (unpaired) electrons. The summed E-state index contributed by atoms with van der Waals surface area (Å²) in [4.78, 5) is 13.3. The maximum absolute atomic E-state index is 11.1. The summed E-state index contributed by atoms with van der Waals surface area (Å²) in [6, 6.07) is 0.466. The highest BCUT2D eigenvalue weighted by molar-refractivity contribution is 5.75. The van der Waals surface area contributed by atoms with Gasteiger partial charge in [-0.25, -0.2) is 0 Å². The molecule has 1 unspecified atom stereocenters. The number of carboxylic acids is 1. The van der Waals surface area contributed by atoms with Crippen molar-refractivity contribution in [3.63, 3.8) is 0 Å². The summed E-state index contributed by atoms with van der Waals surface area (Å²) in [5.41, 5.74) is -0.468. The van der Waals surface area contributed by atoms with Crippen molar-refractivity contribution in [1.29, 1.82) is 0 Å². The number of hydrogen-bond donors (Lipinski definition) is 1. The second kappa shape index (κ2) is 3.66. The van der Waals surface area contributed by atoms with Gasteiger partial charge in [0, 0.05) is 12.6 Å². The third-order valence-electron chi connectivity index (χ3n) is 3.24. The van der Waals surface area contributed by atoms with Gasteiger partial charge in [-0.2, -0.15) is 0 Å². The fourth-order valence-corrected chi connectivity index (χ4v) is 1.96. The number of nitrogens with zero attached hydrogens (tertiary/aromatic N) is 1. The minimum absolute atomic E-state index is 0.466. The third-order valence-corrected chi connectivity index (χ3v) is 3.24. The minimum atomic E-state index is -0.627. The van der Waals surface area contributed by atoms with Crippen LogP contribution in [0, 0.1) is 5.41 Å². The van der Waals surface area contributed by atoms with Crippen LogP contribution in [0.15, 0.2) is 0 Å². The van der Waals surface area contributed by atoms with Crippen molar-refractivity contribution in [2.24, 2.45) is 5.41 Å². The Hall–Kier alpha value is -0.570. The Morgan fingerprint density at radius 1 is 1.62 bits per heavy atom. The van der Waals surface area contributed by atoms with E-state index in [9.17, 15) is 4.79 Å². The molecule has 3 heteroatoms. The van der Waals surface area contributed by atoms with Crippen LogP contribution >= 0.6 is 0 Å². The second-order valence-electron chi connectivity index (χ2n) is 4.25. The van der Waals surface area contributed by atoms with Gasteiger partial charge in [0.25, 0.3) is 0 Å². The topological polar surface area (TPSA) is 40.5 Å². The molecular weight excluding hydrogens is 166 g/mol. The van der Waals surface area contributed by atoms with Crippen LogP contribution in [0.4, 0.5) is 0 Å². The first-order chi connectivity index (χ1) is 6.02.